The summed E-state index contributed by atoms with van der Waals surface area (Å²) in [7, 11) is 5.55. The van der Waals surface area contributed by atoms with E-state index in [-0.39, 0.29) is 11.3 Å². The summed E-state index contributed by atoms with van der Waals surface area (Å²) < 4.78 is 5.23. The van der Waals surface area contributed by atoms with Crippen LogP contribution in [0, 0.1) is 6.92 Å². The van der Waals surface area contributed by atoms with E-state index in [2.05, 4.69) is 15.6 Å². The van der Waals surface area contributed by atoms with Crippen LogP contribution < -0.4 is 20.8 Å². The lowest BCUT2D eigenvalue weighted by atomic mass is 10.0. The molecule has 0 fully saturated rings. The fraction of sp³-hybridized carbons (Fsp3) is 0.259. The number of H-pyrrole nitrogens is 1. The number of anilines is 1. The predicted molar refractivity (Wildman–Crippen MR) is 138 cm³/mol. The molecule has 7 heteroatoms. The van der Waals surface area contributed by atoms with Gasteiger partial charge in [-0.05, 0) is 62.5 Å². The van der Waals surface area contributed by atoms with Gasteiger partial charge in [0.25, 0.3) is 5.91 Å². The maximum atomic E-state index is 13.6. The molecule has 7 nitrogen and oxygen atoms in total. The first-order valence-corrected chi connectivity index (χ1v) is 11.3. The van der Waals surface area contributed by atoms with Gasteiger partial charge >= 0.3 is 0 Å². The fourth-order valence-corrected chi connectivity index (χ4v) is 4.02. The first-order valence-electron chi connectivity index (χ1n) is 11.3. The van der Waals surface area contributed by atoms with Crippen molar-refractivity contribution in [1.82, 2.24) is 15.2 Å². The van der Waals surface area contributed by atoms with Gasteiger partial charge < -0.3 is 25.3 Å². The van der Waals surface area contributed by atoms with E-state index in [1.165, 1.54) is 0 Å². The van der Waals surface area contributed by atoms with Crippen LogP contribution in [0.1, 0.15) is 21.5 Å². The minimum atomic E-state index is -0.211. The molecule has 0 spiro atoms. The number of benzene rings is 3. The molecule has 0 aliphatic rings. The Balaban J connectivity index is 1.78. The number of pyridine rings is 1. The average Bonchev–Trinajstić information content (AvgIpc) is 2.83. The van der Waals surface area contributed by atoms with Crippen molar-refractivity contribution >= 4 is 33.4 Å². The molecule has 0 saturated carbocycles. The van der Waals surface area contributed by atoms with E-state index in [0.29, 0.717) is 40.6 Å². The summed E-state index contributed by atoms with van der Waals surface area (Å²) in [4.78, 5) is 32.1. The Morgan fingerprint density at radius 1 is 1.03 bits per heavy atom. The second kappa shape index (κ2) is 9.97. The number of hydrogen-bond acceptors (Lipinski definition) is 5. The van der Waals surface area contributed by atoms with Gasteiger partial charge in [-0.3, -0.25) is 9.59 Å². The molecule has 34 heavy (non-hydrogen) atoms. The molecule has 0 bridgehead atoms. The number of amides is 1. The second-order valence-corrected chi connectivity index (χ2v) is 8.62. The van der Waals surface area contributed by atoms with E-state index in [1.807, 2.05) is 74.4 Å². The molecule has 0 unspecified atom stereocenters. The van der Waals surface area contributed by atoms with Crippen molar-refractivity contribution in [3.05, 3.63) is 81.5 Å². The van der Waals surface area contributed by atoms with Crippen LogP contribution in [0.4, 0.5) is 5.69 Å². The minimum absolute atomic E-state index is 0.104. The van der Waals surface area contributed by atoms with Crippen LogP contribution in [-0.2, 0) is 6.54 Å². The topological polar surface area (TPSA) is 86.5 Å². The van der Waals surface area contributed by atoms with Gasteiger partial charge in [-0.15, -0.1) is 0 Å². The summed E-state index contributed by atoms with van der Waals surface area (Å²) in [5.41, 5.74) is 4.31. The molecular weight excluding hydrogens is 428 g/mol. The Morgan fingerprint density at radius 2 is 1.79 bits per heavy atom. The smallest absolute Gasteiger partial charge is 0.253 e. The van der Waals surface area contributed by atoms with Gasteiger partial charge in [-0.25, -0.2) is 0 Å². The minimum Gasteiger partial charge on any atom is -0.497 e. The second-order valence-electron chi connectivity index (χ2n) is 8.62. The molecule has 4 rings (SSSR count). The highest BCUT2D eigenvalue weighted by atomic mass is 16.5. The molecule has 3 N–H and O–H groups in total. The van der Waals surface area contributed by atoms with Gasteiger partial charge in [-0.2, -0.15) is 0 Å². The van der Waals surface area contributed by atoms with Crippen molar-refractivity contribution in [2.75, 3.05) is 39.6 Å². The van der Waals surface area contributed by atoms with Crippen LogP contribution in [-0.4, -0.2) is 50.1 Å². The lowest BCUT2D eigenvalue weighted by Gasteiger charge is -2.15. The number of aryl methyl sites for hydroxylation is 1. The summed E-state index contributed by atoms with van der Waals surface area (Å²) in [5.74, 6) is 0.578. The summed E-state index contributed by atoms with van der Waals surface area (Å²) in [6.45, 7) is 3.72. The standard InChI is InChI=1S/C27H30N4O3/c1-17-6-5-7-20-24(17)30-25-21(27(33)28-14-15-31(2)3)12-13-22(23(25)26(20)32)29-16-18-8-10-19(34-4)11-9-18/h5-13,29H,14-16H2,1-4H3,(H,28,33)(H,30,32). The van der Waals surface area contributed by atoms with Gasteiger partial charge in [0.05, 0.1) is 29.1 Å². The quantitative estimate of drug-likeness (QED) is 0.349. The van der Waals surface area contributed by atoms with E-state index in [1.54, 1.807) is 13.2 Å². The van der Waals surface area contributed by atoms with Gasteiger partial charge in [0, 0.05) is 30.7 Å². The predicted octanol–water partition coefficient (Wildman–Crippen LogP) is 3.90. The van der Waals surface area contributed by atoms with Crippen molar-refractivity contribution < 1.29 is 9.53 Å². The Morgan fingerprint density at radius 3 is 2.50 bits per heavy atom. The number of methoxy groups -OCH3 is 1. The van der Waals surface area contributed by atoms with Gasteiger partial charge in [0.1, 0.15) is 5.75 Å². The molecule has 0 aliphatic carbocycles. The van der Waals surface area contributed by atoms with Gasteiger partial charge in [0.2, 0.25) is 0 Å². The molecule has 176 valence electrons. The number of hydrogen-bond donors (Lipinski definition) is 3. The first-order chi connectivity index (χ1) is 16.4. The Bertz CT molecular complexity index is 1390. The van der Waals surface area contributed by atoms with Crippen molar-refractivity contribution in [1.29, 1.82) is 0 Å². The van der Waals surface area contributed by atoms with E-state index in [9.17, 15) is 9.59 Å². The van der Waals surface area contributed by atoms with Gasteiger partial charge in [-0.1, -0.05) is 24.3 Å². The number of nitrogens with zero attached hydrogens (tertiary/aromatic N) is 1. The lowest BCUT2D eigenvalue weighted by Crippen LogP contribution is -2.31. The molecule has 0 radical (unpaired) electrons. The largest absolute Gasteiger partial charge is 0.497 e. The molecule has 1 heterocycles. The van der Waals surface area contributed by atoms with Crippen molar-refractivity contribution in [3.63, 3.8) is 0 Å². The molecule has 0 saturated heterocycles. The number of likely N-dealkylation sites (N-methyl/N-ethyl adjacent to an activating group) is 1. The zero-order chi connectivity index (χ0) is 24.2. The molecule has 0 aliphatic heterocycles. The van der Waals surface area contributed by atoms with Crippen LogP contribution in [0.2, 0.25) is 0 Å². The summed E-state index contributed by atoms with van der Waals surface area (Å²) in [6.07, 6.45) is 0. The third-order valence-electron chi connectivity index (χ3n) is 5.93. The SMILES string of the molecule is COc1ccc(CNc2ccc(C(=O)NCCN(C)C)c3[nH]c4c(C)cccc4c(=O)c23)cc1. The van der Waals surface area contributed by atoms with Crippen LogP contribution in [0.15, 0.2) is 59.4 Å². The maximum absolute atomic E-state index is 13.6. The summed E-state index contributed by atoms with van der Waals surface area (Å²) in [5, 5.41) is 7.43. The Kier molecular flexibility index (Phi) is 6.84. The van der Waals surface area contributed by atoms with Crippen LogP contribution in [0.25, 0.3) is 21.8 Å². The number of para-hydroxylation sites is 1. The number of carbonyl (C=O) groups is 1. The highest BCUT2D eigenvalue weighted by molar-refractivity contribution is 6.11. The number of ether oxygens (including phenoxy) is 1. The van der Waals surface area contributed by atoms with Crippen molar-refractivity contribution in [2.45, 2.75) is 13.5 Å². The third-order valence-corrected chi connectivity index (χ3v) is 5.93. The molecule has 4 aromatic rings. The summed E-state index contributed by atoms with van der Waals surface area (Å²) >= 11 is 0. The highest BCUT2D eigenvalue weighted by Gasteiger charge is 2.18. The monoisotopic (exact) mass is 458 g/mol. The van der Waals surface area contributed by atoms with E-state index >= 15 is 0 Å². The van der Waals surface area contributed by atoms with Crippen molar-refractivity contribution in [3.8, 4) is 5.75 Å². The number of rotatable bonds is 8. The normalized spacial score (nSPS) is 11.2. The van der Waals surface area contributed by atoms with E-state index in [4.69, 9.17) is 4.74 Å². The zero-order valence-corrected chi connectivity index (χ0v) is 20.0. The van der Waals surface area contributed by atoms with E-state index < -0.39 is 0 Å². The van der Waals surface area contributed by atoms with Gasteiger partial charge in [0.15, 0.2) is 5.43 Å². The number of fused-ring (bicyclic) bond motifs is 2. The fourth-order valence-electron chi connectivity index (χ4n) is 4.02. The zero-order valence-electron chi connectivity index (χ0n) is 20.0. The highest BCUT2D eigenvalue weighted by Crippen LogP contribution is 2.27. The Hall–Kier alpha value is -3.84. The van der Waals surface area contributed by atoms with Crippen LogP contribution >= 0.6 is 0 Å². The van der Waals surface area contributed by atoms with Crippen LogP contribution in [0.5, 0.6) is 5.75 Å². The number of carbonyl (C=O) groups excluding carboxylic acids is 1. The lowest BCUT2D eigenvalue weighted by molar-refractivity contribution is 0.0952. The molecule has 0 atom stereocenters. The van der Waals surface area contributed by atoms with E-state index in [0.717, 1.165) is 28.9 Å². The molecule has 1 aromatic heterocycles. The average molecular weight is 459 g/mol. The summed E-state index contributed by atoms with van der Waals surface area (Å²) in [6, 6.07) is 17.0. The van der Waals surface area contributed by atoms with Crippen molar-refractivity contribution in [2.24, 2.45) is 0 Å². The molecular formula is C27H30N4O3. The molecule has 1 amide bonds. The number of aromatic nitrogens is 1. The number of nitrogens with one attached hydrogen (secondary N) is 3. The van der Waals surface area contributed by atoms with Crippen LogP contribution in [0.3, 0.4) is 0 Å². The molecule has 3 aromatic carbocycles. The third kappa shape index (κ3) is 4.75. The first kappa shape index (κ1) is 23.3. The Labute approximate surface area is 198 Å². The maximum Gasteiger partial charge on any atom is 0.253 e. The number of aromatic amines is 1.